The summed E-state index contributed by atoms with van der Waals surface area (Å²) in [7, 11) is 0. The maximum Gasteiger partial charge on any atom is 0.310 e. The van der Waals surface area contributed by atoms with Crippen LogP contribution in [0.2, 0.25) is 0 Å². The van der Waals surface area contributed by atoms with E-state index < -0.39 is 0 Å². The number of esters is 1. The Hall–Kier alpha value is -1.83. The molecule has 0 saturated heterocycles. The van der Waals surface area contributed by atoms with Gasteiger partial charge in [0.25, 0.3) is 0 Å². The summed E-state index contributed by atoms with van der Waals surface area (Å²) < 4.78 is 5.30. The van der Waals surface area contributed by atoms with Crippen molar-refractivity contribution in [1.82, 2.24) is 0 Å². The number of ether oxygens (including phenoxy) is 1. The molecule has 0 aliphatic heterocycles. The molecule has 0 unspecified atom stereocenters. The molecule has 1 rings (SSSR count). The van der Waals surface area contributed by atoms with Crippen molar-refractivity contribution < 1.29 is 9.53 Å². The van der Waals surface area contributed by atoms with Crippen LogP contribution in [0.25, 0.3) is 0 Å². The zero-order valence-corrected chi connectivity index (χ0v) is 12.6. The number of hydrogen-bond acceptors (Lipinski definition) is 2. The lowest BCUT2D eigenvalue weighted by atomic mass is 9.89. The summed E-state index contributed by atoms with van der Waals surface area (Å²) in [6.07, 6.45) is 9.33. The van der Waals surface area contributed by atoms with Gasteiger partial charge in [0.2, 0.25) is 0 Å². The van der Waals surface area contributed by atoms with Gasteiger partial charge < -0.3 is 4.74 Å². The molecule has 0 saturated carbocycles. The van der Waals surface area contributed by atoms with Gasteiger partial charge in [-0.25, -0.2) is 0 Å². The van der Waals surface area contributed by atoms with Gasteiger partial charge in [-0.1, -0.05) is 68.5 Å². The van der Waals surface area contributed by atoms with E-state index in [4.69, 9.17) is 4.74 Å². The van der Waals surface area contributed by atoms with Gasteiger partial charge in [-0.2, -0.15) is 0 Å². The van der Waals surface area contributed by atoms with Gasteiger partial charge in [-0.15, -0.1) is 0 Å². The Bertz CT molecular complexity index is 456. The normalized spacial score (nSPS) is 12.2. The smallest absolute Gasteiger partial charge is 0.310 e. The average molecular weight is 272 g/mol. The highest BCUT2D eigenvalue weighted by molar-refractivity contribution is 5.72. The average Bonchev–Trinajstić information content (AvgIpc) is 2.39. The van der Waals surface area contributed by atoms with Crippen LogP contribution >= 0.6 is 0 Å². The first-order valence-electron chi connectivity index (χ1n) is 7.03. The fourth-order valence-corrected chi connectivity index (χ4v) is 1.75. The molecule has 0 spiro atoms. The second-order valence-corrected chi connectivity index (χ2v) is 5.51. The van der Waals surface area contributed by atoms with Gasteiger partial charge in [0.15, 0.2) is 0 Å². The van der Waals surface area contributed by atoms with Crippen LogP contribution in [0.15, 0.2) is 54.6 Å². The lowest BCUT2D eigenvalue weighted by Gasteiger charge is -2.19. The molecule has 108 valence electrons. The first-order chi connectivity index (χ1) is 9.53. The van der Waals surface area contributed by atoms with E-state index in [1.54, 1.807) is 0 Å². The van der Waals surface area contributed by atoms with Crippen LogP contribution in [0.5, 0.6) is 0 Å². The van der Waals surface area contributed by atoms with Gasteiger partial charge in [-0.3, -0.25) is 4.79 Å². The lowest BCUT2D eigenvalue weighted by molar-refractivity contribution is -0.143. The molecule has 20 heavy (non-hydrogen) atoms. The van der Waals surface area contributed by atoms with Crippen molar-refractivity contribution in [3.63, 3.8) is 0 Å². The molecule has 1 aromatic rings. The molecular weight excluding hydrogens is 248 g/mol. The van der Waals surface area contributed by atoms with Crippen LogP contribution < -0.4 is 0 Å². The van der Waals surface area contributed by atoms with E-state index in [0.29, 0.717) is 13.0 Å². The summed E-state index contributed by atoms with van der Waals surface area (Å²) in [5, 5.41) is 0. The molecule has 0 aromatic heterocycles. The predicted octanol–water partition coefficient (Wildman–Crippen LogP) is 4.32. The Labute approximate surface area is 122 Å². The maximum atomic E-state index is 11.7. The second kappa shape index (κ2) is 8.36. The molecule has 2 heteroatoms. The molecule has 0 heterocycles. The third kappa shape index (κ3) is 6.93. The second-order valence-electron chi connectivity index (χ2n) is 5.51. The summed E-state index contributed by atoms with van der Waals surface area (Å²) in [4.78, 5) is 11.7. The predicted molar refractivity (Wildman–Crippen MR) is 83.5 cm³/mol. The maximum absolute atomic E-state index is 11.7. The van der Waals surface area contributed by atoms with Gasteiger partial charge >= 0.3 is 5.97 Å². The van der Waals surface area contributed by atoms with Crippen molar-refractivity contribution >= 4 is 5.97 Å². The molecule has 2 nitrogen and oxygen atoms in total. The van der Waals surface area contributed by atoms with Gasteiger partial charge in [-0.05, 0) is 24.3 Å². The van der Waals surface area contributed by atoms with Crippen molar-refractivity contribution in [1.29, 1.82) is 0 Å². The van der Waals surface area contributed by atoms with Crippen molar-refractivity contribution in [3.8, 4) is 0 Å². The highest BCUT2D eigenvalue weighted by Crippen LogP contribution is 2.22. The number of hydrogen-bond donors (Lipinski definition) is 0. The minimum absolute atomic E-state index is 0.0343. The van der Waals surface area contributed by atoms with E-state index >= 15 is 0 Å². The summed E-state index contributed by atoms with van der Waals surface area (Å²) in [5.74, 6) is -0.163. The van der Waals surface area contributed by atoms with Crippen LogP contribution in [0.3, 0.4) is 0 Å². The van der Waals surface area contributed by atoms with E-state index in [0.717, 1.165) is 12.0 Å². The molecule has 0 N–H and O–H groups in total. The Morgan fingerprint density at radius 3 is 2.55 bits per heavy atom. The molecule has 0 fully saturated rings. The van der Waals surface area contributed by atoms with E-state index in [1.165, 1.54) is 0 Å². The number of allylic oxidation sites excluding steroid dienone is 4. The van der Waals surface area contributed by atoms with E-state index in [-0.39, 0.29) is 11.4 Å². The Morgan fingerprint density at radius 1 is 1.20 bits per heavy atom. The quantitative estimate of drug-likeness (QED) is 0.546. The van der Waals surface area contributed by atoms with Crippen LogP contribution in [0.1, 0.15) is 32.8 Å². The van der Waals surface area contributed by atoms with Crippen molar-refractivity contribution in [2.75, 3.05) is 6.61 Å². The van der Waals surface area contributed by atoms with E-state index in [1.807, 2.05) is 55.5 Å². The zero-order valence-electron chi connectivity index (χ0n) is 12.6. The van der Waals surface area contributed by atoms with Crippen LogP contribution in [-0.2, 0) is 16.0 Å². The topological polar surface area (TPSA) is 26.3 Å². The summed E-state index contributed by atoms with van der Waals surface area (Å²) in [6, 6.07) is 9.67. The SMILES string of the molecule is C/C=C/C=C/C(C)(C)CCOC(=O)Cc1ccccc1. The largest absolute Gasteiger partial charge is 0.465 e. The first kappa shape index (κ1) is 16.2. The Kier molecular flexibility index (Phi) is 6.78. The number of carbonyl (C=O) groups excluding carboxylic acids is 1. The molecule has 0 atom stereocenters. The van der Waals surface area contributed by atoms with Crippen molar-refractivity contribution in [2.24, 2.45) is 5.41 Å². The third-order valence-electron chi connectivity index (χ3n) is 3.05. The van der Waals surface area contributed by atoms with Crippen LogP contribution in [-0.4, -0.2) is 12.6 Å². The first-order valence-corrected chi connectivity index (χ1v) is 7.03. The van der Waals surface area contributed by atoms with E-state index in [2.05, 4.69) is 19.9 Å². The third-order valence-corrected chi connectivity index (χ3v) is 3.05. The fourth-order valence-electron chi connectivity index (χ4n) is 1.75. The highest BCUT2D eigenvalue weighted by atomic mass is 16.5. The molecular formula is C18H24O2. The summed E-state index contributed by atoms with van der Waals surface area (Å²) in [5.41, 5.74) is 1.02. The van der Waals surface area contributed by atoms with Crippen LogP contribution in [0, 0.1) is 5.41 Å². The fraction of sp³-hybridized carbons (Fsp3) is 0.389. The molecule has 0 aliphatic rings. The van der Waals surface area contributed by atoms with Crippen LogP contribution in [0.4, 0.5) is 0 Å². The molecule has 0 aliphatic carbocycles. The van der Waals surface area contributed by atoms with Gasteiger partial charge in [0.1, 0.15) is 0 Å². The monoisotopic (exact) mass is 272 g/mol. The Balaban J connectivity index is 2.31. The number of carbonyl (C=O) groups is 1. The standard InChI is InChI=1S/C18H24O2/c1-4-5-9-12-18(2,3)13-14-20-17(19)15-16-10-7-6-8-11-16/h4-12H,13-15H2,1-3H3/b5-4+,12-9+. The van der Waals surface area contributed by atoms with Gasteiger partial charge in [0.05, 0.1) is 13.0 Å². The number of rotatable bonds is 7. The lowest BCUT2D eigenvalue weighted by Crippen LogP contribution is -2.15. The minimum atomic E-state index is -0.163. The van der Waals surface area contributed by atoms with Crippen molar-refractivity contribution in [3.05, 3.63) is 60.2 Å². The zero-order chi connectivity index (χ0) is 14.8. The van der Waals surface area contributed by atoms with Crippen molar-refractivity contribution in [2.45, 2.75) is 33.6 Å². The number of benzene rings is 1. The molecule has 0 amide bonds. The van der Waals surface area contributed by atoms with E-state index in [9.17, 15) is 4.79 Å². The molecule has 0 radical (unpaired) electrons. The highest BCUT2D eigenvalue weighted by Gasteiger charge is 2.14. The molecule has 0 bridgehead atoms. The minimum Gasteiger partial charge on any atom is -0.465 e. The molecule has 1 aromatic carbocycles. The summed E-state index contributed by atoms with van der Waals surface area (Å²) >= 11 is 0. The van der Waals surface area contributed by atoms with Gasteiger partial charge in [0, 0.05) is 0 Å². The Morgan fingerprint density at radius 2 is 1.90 bits per heavy atom. The summed E-state index contributed by atoms with van der Waals surface area (Å²) in [6.45, 7) is 6.72.